The molecule has 8 nitrogen and oxygen atoms in total. The van der Waals surface area contributed by atoms with Crippen molar-refractivity contribution in [3.63, 3.8) is 0 Å². The molecule has 11 heteroatoms. The Labute approximate surface area is 146 Å². The van der Waals surface area contributed by atoms with Crippen LogP contribution < -0.4 is 10.3 Å². The van der Waals surface area contributed by atoms with Crippen LogP contribution in [0.25, 0.3) is 11.0 Å². The Morgan fingerprint density at radius 2 is 1.88 bits per heavy atom. The number of halogens is 2. The molecule has 0 aliphatic rings. The molecule has 0 amide bonds. The van der Waals surface area contributed by atoms with Crippen molar-refractivity contribution in [2.45, 2.75) is 18.7 Å². The van der Waals surface area contributed by atoms with E-state index >= 15 is 0 Å². The number of benzene rings is 1. The molecule has 3 aromatic rings. The lowest BCUT2D eigenvalue weighted by atomic mass is 10.2. The summed E-state index contributed by atoms with van der Waals surface area (Å²) in [5.74, 6) is 0.212. The minimum atomic E-state index is -4.08. The molecule has 0 fully saturated rings. The Kier molecular flexibility index (Phi) is 4.02. The fourth-order valence-electron chi connectivity index (χ4n) is 2.14. The van der Waals surface area contributed by atoms with Gasteiger partial charge in [0.2, 0.25) is 0 Å². The predicted molar refractivity (Wildman–Crippen MR) is 91.3 cm³/mol. The van der Waals surface area contributed by atoms with Crippen molar-refractivity contribution in [2.24, 2.45) is 0 Å². The number of hydrogen-bond donors (Lipinski definition) is 3. The maximum Gasteiger partial charge on any atom is 0.264 e. The summed E-state index contributed by atoms with van der Waals surface area (Å²) < 4.78 is 27.4. The number of aromatic amines is 2. The fraction of sp³-hybridized carbons (Fsp3) is 0.154. The second kappa shape index (κ2) is 5.76. The maximum atomic E-state index is 12.6. The third kappa shape index (κ3) is 2.85. The van der Waals surface area contributed by atoms with Crippen LogP contribution in [-0.2, 0) is 10.0 Å². The zero-order chi connectivity index (χ0) is 17.6. The van der Waals surface area contributed by atoms with Gasteiger partial charge in [0.15, 0.2) is 11.5 Å². The number of aromatic nitrogens is 4. The average Bonchev–Trinajstić information content (AvgIpc) is 2.84. The molecule has 0 saturated heterocycles. The summed E-state index contributed by atoms with van der Waals surface area (Å²) in [5, 5.41) is 6.64. The number of fused-ring (bicyclic) bond motifs is 1. The highest BCUT2D eigenvalue weighted by Gasteiger charge is 2.23. The second-order valence-electron chi connectivity index (χ2n) is 5.08. The lowest BCUT2D eigenvalue weighted by Gasteiger charge is -2.09. The quantitative estimate of drug-likeness (QED) is 0.636. The monoisotopic (exact) mass is 387 g/mol. The van der Waals surface area contributed by atoms with Gasteiger partial charge in [-0.3, -0.25) is 14.6 Å². The minimum absolute atomic E-state index is 0.00554. The topological polar surface area (TPSA) is 121 Å². The largest absolute Gasteiger partial charge is 0.310 e. The van der Waals surface area contributed by atoms with Crippen LogP contribution in [0.1, 0.15) is 11.4 Å². The van der Waals surface area contributed by atoms with Crippen LogP contribution in [0.4, 0.5) is 5.82 Å². The number of sulfonamides is 1. The summed E-state index contributed by atoms with van der Waals surface area (Å²) in [6.45, 7) is 3.25. The van der Waals surface area contributed by atoms with E-state index in [2.05, 4.69) is 24.9 Å². The zero-order valence-electron chi connectivity index (χ0n) is 12.4. The Bertz CT molecular complexity index is 1120. The van der Waals surface area contributed by atoms with Gasteiger partial charge in [0.1, 0.15) is 16.1 Å². The van der Waals surface area contributed by atoms with Crippen LogP contribution in [0.15, 0.2) is 21.8 Å². The van der Waals surface area contributed by atoms with Gasteiger partial charge in [-0.1, -0.05) is 23.2 Å². The molecule has 24 heavy (non-hydrogen) atoms. The van der Waals surface area contributed by atoms with Gasteiger partial charge in [0.05, 0.1) is 5.02 Å². The molecule has 0 aliphatic carbocycles. The van der Waals surface area contributed by atoms with Crippen molar-refractivity contribution in [1.82, 2.24) is 20.2 Å². The first kappa shape index (κ1) is 16.7. The van der Waals surface area contributed by atoms with Gasteiger partial charge in [-0.25, -0.2) is 13.4 Å². The van der Waals surface area contributed by atoms with E-state index in [0.717, 1.165) is 0 Å². The molecular weight excluding hydrogens is 377 g/mol. The number of anilines is 1. The van der Waals surface area contributed by atoms with Crippen LogP contribution in [-0.4, -0.2) is 28.6 Å². The molecule has 0 saturated carbocycles. The van der Waals surface area contributed by atoms with Crippen LogP contribution >= 0.6 is 23.2 Å². The first-order chi connectivity index (χ1) is 11.2. The summed E-state index contributed by atoms with van der Waals surface area (Å²) >= 11 is 11.9. The first-order valence-electron chi connectivity index (χ1n) is 6.62. The minimum Gasteiger partial charge on any atom is -0.310 e. The molecule has 0 aliphatic heterocycles. The molecule has 0 spiro atoms. The normalized spacial score (nSPS) is 11.8. The van der Waals surface area contributed by atoms with Crippen LogP contribution in [0.5, 0.6) is 0 Å². The molecule has 2 aromatic heterocycles. The van der Waals surface area contributed by atoms with Gasteiger partial charge in [-0.2, -0.15) is 5.10 Å². The number of rotatable bonds is 3. The van der Waals surface area contributed by atoms with Gasteiger partial charge < -0.3 is 4.98 Å². The molecule has 3 rings (SSSR count). The summed E-state index contributed by atoms with van der Waals surface area (Å²) in [5.41, 5.74) is 0.207. The number of nitrogens with zero attached hydrogens (tertiary/aromatic N) is 2. The Balaban J connectivity index is 2.11. The lowest BCUT2D eigenvalue weighted by molar-refractivity contribution is 0.601. The maximum absolute atomic E-state index is 12.6. The summed E-state index contributed by atoms with van der Waals surface area (Å²) in [4.78, 5) is 18.4. The van der Waals surface area contributed by atoms with E-state index in [1.54, 1.807) is 13.8 Å². The van der Waals surface area contributed by atoms with Crippen molar-refractivity contribution in [2.75, 3.05) is 4.72 Å². The smallest absolute Gasteiger partial charge is 0.264 e. The van der Waals surface area contributed by atoms with Gasteiger partial charge in [-0.05, 0) is 31.5 Å². The van der Waals surface area contributed by atoms with Crippen molar-refractivity contribution in [3.8, 4) is 0 Å². The van der Waals surface area contributed by atoms with Gasteiger partial charge in [0, 0.05) is 5.02 Å². The van der Waals surface area contributed by atoms with Crippen molar-refractivity contribution >= 4 is 50.1 Å². The lowest BCUT2D eigenvalue weighted by Crippen LogP contribution is -2.16. The van der Waals surface area contributed by atoms with Crippen LogP contribution in [0.3, 0.4) is 0 Å². The Morgan fingerprint density at radius 1 is 1.17 bits per heavy atom. The molecule has 2 heterocycles. The highest BCUT2D eigenvalue weighted by Crippen LogP contribution is 2.29. The van der Waals surface area contributed by atoms with Crippen molar-refractivity contribution in [1.29, 1.82) is 0 Å². The van der Waals surface area contributed by atoms with E-state index in [1.165, 1.54) is 12.1 Å². The zero-order valence-corrected chi connectivity index (χ0v) is 14.8. The molecule has 0 radical (unpaired) electrons. The molecule has 1 aromatic carbocycles. The molecule has 126 valence electrons. The highest BCUT2D eigenvalue weighted by atomic mass is 35.5. The van der Waals surface area contributed by atoms with E-state index in [9.17, 15) is 13.2 Å². The summed E-state index contributed by atoms with van der Waals surface area (Å²) in [6, 6.07) is 2.68. The second-order valence-corrected chi connectivity index (χ2v) is 7.55. The van der Waals surface area contributed by atoms with Gasteiger partial charge >= 0.3 is 0 Å². The van der Waals surface area contributed by atoms with E-state index in [-0.39, 0.29) is 26.8 Å². The SMILES string of the molecule is Cc1nc2[nH]nc(NS(=O)(=O)c3cc(C)c(Cl)cc3Cl)c2c(=O)[nH]1. The predicted octanol–water partition coefficient (Wildman–Crippen LogP) is 2.37. The van der Waals surface area contributed by atoms with Gasteiger partial charge in [-0.15, -0.1) is 0 Å². The van der Waals surface area contributed by atoms with E-state index in [1.807, 2.05) is 0 Å². The van der Waals surface area contributed by atoms with Crippen LogP contribution in [0, 0.1) is 13.8 Å². The molecule has 0 atom stereocenters. The molecule has 0 unspecified atom stereocenters. The van der Waals surface area contributed by atoms with Crippen molar-refractivity contribution in [3.05, 3.63) is 43.9 Å². The molecular formula is C13H11Cl2N5O3S. The van der Waals surface area contributed by atoms with Gasteiger partial charge in [0.25, 0.3) is 15.6 Å². The number of H-pyrrole nitrogens is 2. The summed E-state index contributed by atoms with van der Waals surface area (Å²) in [6.07, 6.45) is 0. The van der Waals surface area contributed by atoms with Crippen molar-refractivity contribution < 1.29 is 8.42 Å². The number of hydrogen-bond acceptors (Lipinski definition) is 5. The summed E-state index contributed by atoms with van der Waals surface area (Å²) in [7, 11) is -4.08. The Morgan fingerprint density at radius 3 is 2.58 bits per heavy atom. The third-order valence-electron chi connectivity index (χ3n) is 3.28. The standard InChI is InChI=1S/C13H11Cl2N5O3S/c1-5-3-9(8(15)4-7(5)14)24(22,23)20-12-10-11(18-19-12)16-6(2)17-13(10)21/h3-4H,1-2H3,(H3,16,17,18,19,20,21). The number of aryl methyl sites for hydroxylation is 2. The van der Waals surface area contributed by atoms with E-state index in [0.29, 0.717) is 16.4 Å². The fourth-order valence-corrected chi connectivity index (χ4v) is 3.99. The number of nitrogens with one attached hydrogen (secondary N) is 3. The van der Waals surface area contributed by atoms with Crippen LogP contribution in [0.2, 0.25) is 10.0 Å². The molecule has 3 N–H and O–H groups in total. The van der Waals surface area contributed by atoms with E-state index < -0.39 is 15.6 Å². The Hall–Kier alpha value is -2.10. The van der Waals surface area contributed by atoms with E-state index in [4.69, 9.17) is 23.2 Å². The first-order valence-corrected chi connectivity index (χ1v) is 8.86. The molecule has 0 bridgehead atoms. The third-order valence-corrected chi connectivity index (χ3v) is 5.49. The average molecular weight is 388 g/mol. The highest BCUT2D eigenvalue weighted by molar-refractivity contribution is 7.92.